The van der Waals surface area contributed by atoms with Gasteiger partial charge in [0.15, 0.2) is 0 Å². The van der Waals surface area contributed by atoms with Crippen molar-refractivity contribution in [1.82, 2.24) is 9.88 Å². The van der Waals surface area contributed by atoms with Crippen molar-refractivity contribution in [2.24, 2.45) is 0 Å². The van der Waals surface area contributed by atoms with Crippen molar-refractivity contribution in [2.75, 3.05) is 6.54 Å². The van der Waals surface area contributed by atoms with Crippen LogP contribution in [-0.4, -0.2) is 27.4 Å². The summed E-state index contributed by atoms with van der Waals surface area (Å²) >= 11 is 4.95. The summed E-state index contributed by atoms with van der Waals surface area (Å²) < 4.78 is 3.31. The van der Waals surface area contributed by atoms with Crippen LogP contribution in [0.5, 0.6) is 0 Å². The van der Waals surface area contributed by atoms with Gasteiger partial charge < -0.3 is 9.67 Å². The van der Waals surface area contributed by atoms with E-state index in [0.29, 0.717) is 6.54 Å². The van der Waals surface area contributed by atoms with Gasteiger partial charge in [0.25, 0.3) is 0 Å². The highest BCUT2D eigenvalue weighted by molar-refractivity contribution is 9.10. The molecule has 128 valence electrons. The number of benzene rings is 2. The second-order valence-electron chi connectivity index (χ2n) is 6.11. The Morgan fingerprint density at radius 1 is 1.24 bits per heavy atom. The molecule has 4 rings (SSSR count). The third-order valence-corrected chi connectivity index (χ3v) is 6.35. The van der Waals surface area contributed by atoms with Crippen LogP contribution in [0, 0.1) is 0 Å². The Labute approximate surface area is 158 Å². The average Bonchev–Trinajstić information content (AvgIpc) is 3.22. The lowest BCUT2D eigenvalue weighted by atomic mass is 10.1. The summed E-state index contributed by atoms with van der Waals surface area (Å²) in [6, 6.07) is 16.6. The monoisotopic (exact) mass is 416 g/mol. The molecule has 3 aromatic rings. The molecule has 1 aliphatic rings. The minimum Gasteiger partial charge on any atom is -0.480 e. The first-order chi connectivity index (χ1) is 12.1. The van der Waals surface area contributed by atoms with Gasteiger partial charge >= 0.3 is 5.97 Å². The predicted octanol–water partition coefficient (Wildman–Crippen LogP) is 4.24. The largest absolute Gasteiger partial charge is 0.480 e. The molecule has 0 amide bonds. The second-order valence-corrected chi connectivity index (χ2v) is 8.34. The number of aromatic nitrogens is 1. The van der Waals surface area contributed by atoms with Gasteiger partial charge in [-0.1, -0.05) is 46.3 Å². The first kappa shape index (κ1) is 16.7. The van der Waals surface area contributed by atoms with E-state index >= 15 is 0 Å². The number of carbonyl (C=O) groups is 1. The Balaban J connectivity index is 1.69. The van der Waals surface area contributed by atoms with Gasteiger partial charge in [0.1, 0.15) is 5.25 Å². The third kappa shape index (κ3) is 3.34. The molecule has 0 bridgehead atoms. The summed E-state index contributed by atoms with van der Waals surface area (Å²) in [4.78, 5) is 11.2. The summed E-state index contributed by atoms with van der Waals surface area (Å²) in [7, 11) is 0. The van der Waals surface area contributed by atoms with Gasteiger partial charge in [-0.2, -0.15) is 0 Å². The highest BCUT2D eigenvalue weighted by Crippen LogP contribution is 2.39. The first-order valence-corrected chi connectivity index (χ1v) is 9.79. The van der Waals surface area contributed by atoms with E-state index in [1.54, 1.807) is 0 Å². The average molecular weight is 417 g/mol. The van der Waals surface area contributed by atoms with Crippen LogP contribution in [0.1, 0.15) is 16.5 Å². The lowest BCUT2D eigenvalue weighted by molar-refractivity contribution is -0.136. The first-order valence-electron chi connectivity index (χ1n) is 8.05. The number of hydrogen-bond acceptors (Lipinski definition) is 3. The minimum atomic E-state index is -0.751. The number of thioether (sulfide) groups is 1. The molecule has 1 saturated heterocycles. The van der Waals surface area contributed by atoms with E-state index < -0.39 is 11.2 Å². The quantitative estimate of drug-likeness (QED) is 0.667. The van der Waals surface area contributed by atoms with Crippen molar-refractivity contribution in [3.8, 4) is 0 Å². The molecule has 0 unspecified atom stereocenters. The molecule has 6 heteroatoms. The molecule has 0 spiro atoms. The molecule has 0 saturated carbocycles. The van der Waals surface area contributed by atoms with Crippen LogP contribution in [0.25, 0.3) is 10.9 Å². The molecule has 2 aromatic carbocycles. The van der Waals surface area contributed by atoms with Crippen LogP contribution >= 0.6 is 27.7 Å². The predicted molar refractivity (Wildman–Crippen MR) is 105 cm³/mol. The summed E-state index contributed by atoms with van der Waals surface area (Å²) in [5.74, 6) is -0.751. The van der Waals surface area contributed by atoms with Crippen molar-refractivity contribution in [2.45, 2.75) is 17.2 Å². The lowest BCUT2D eigenvalue weighted by Crippen LogP contribution is -2.21. The van der Waals surface area contributed by atoms with E-state index in [-0.39, 0.29) is 5.37 Å². The smallest absolute Gasteiger partial charge is 0.318 e. The Morgan fingerprint density at radius 3 is 2.72 bits per heavy atom. The molecule has 25 heavy (non-hydrogen) atoms. The summed E-state index contributed by atoms with van der Waals surface area (Å²) in [6.45, 7) is 1.28. The fourth-order valence-electron chi connectivity index (χ4n) is 3.20. The Bertz CT molecular complexity index is 923. The molecule has 1 aliphatic heterocycles. The summed E-state index contributed by atoms with van der Waals surface area (Å²) in [5.41, 5.74) is 3.55. The summed E-state index contributed by atoms with van der Waals surface area (Å²) in [5, 5.41) is 13.4. The standard InChI is InChI=1S/C19H17BrN2O2S/c20-13-7-5-12(6-8-13)10-22-11-15(14-3-1-2-4-16(14)22)18-21-9-17(25-18)19(23)24/h1-8,11,17-18,21H,9-10H2,(H,23,24)/t17-,18-/m1/s1. The van der Waals surface area contributed by atoms with Gasteiger partial charge in [-0.25, -0.2) is 0 Å². The van der Waals surface area contributed by atoms with Crippen molar-refractivity contribution in [1.29, 1.82) is 0 Å². The maximum Gasteiger partial charge on any atom is 0.318 e. The molecule has 2 heterocycles. The number of para-hydroxylation sites is 1. The van der Waals surface area contributed by atoms with E-state index in [4.69, 9.17) is 0 Å². The number of aliphatic carboxylic acids is 1. The number of carboxylic acid groups (broad SMARTS) is 1. The molecular formula is C19H17BrN2O2S. The Morgan fingerprint density at radius 2 is 2.00 bits per heavy atom. The fourth-order valence-corrected chi connectivity index (χ4v) is 4.63. The van der Waals surface area contributed by atoms with Crippen LogP contribution in [0.3, 0.4) is 0 Å². The van der Waals surface area contributed by atoms with Crippen molar-refractivity contribution in [3.05, 3.63) is 70.3 Å². The zero-order chi connectivity index (χ0) is 17.4. The van der Waals surface area contributed by atoms with E-state index in [1.165, 1.54) is 28.2 Å². The normalized spacial score (nSPS) is 20.2. The minimum absolute atomic E-state index is 0.0113. The molecule has 1 fully saturated rings. The van der Waals surface area contributed by atoms with Crippen LogP contribution in [0.4, 0.5) is 0 Å². The lowest BCUT2D eigenvalue weighted by Gasteiger charge is -2.08. The van der Waals surface area contributed by atoms with Gasteiger partial charge in [0.05, 0.1) is 5.37 Å². The van der Waals surface area contributed by atoms with Crippen LogP contribution in [0.15, 0.2) is 59.2 Å². The maximum atomic E-state index is 11.2. The van der Waals surface area contributed by atoms with Gasteiger partial charge in [-0.3, -0.25) is 10.1 Å². The summed E-state index contributed by atoms with van der Waals surface area (Å²) in [6.07, 6.45) is 2.15. The SMILES string of the molecule is O=C(O)[C@H]1CN[C@@H](c2cn(Cc3ccc(Br)cc3)c3ccccc23)S1. The van der Waals surface area contributed by atoms with Gasteiger partial charge in [0.2, 0.25) is 0 Å². The van der Waals surface area contributed by atoms with Crippen molar-refractivity contribution in [3.63, 3.8) is 0 Å². The number of halogens is 1. The van der Waals surface area contributed by atoms with Gasteiger partial charge in [-0.05, 0) is 23.8 Å². The van der Waals surface area contributed by atoms with E-state index in [1.807, 2.05) is 24.3 Å². The van der Waals surface area contributed by atoms with Gasteiger partial charge in [0, 0.05) is 40.2 Å². The molecule has 1 aromatic heterocycles. The zero-order valence-electron chi connectivity index (χ0n) is 13.4. The number of carboxylic acids is 1. The Kier molecular flexibility index (Phi) is 4.58. The fraction of sp³-hybridized carbons (Fsp3) is 0.211. The molecule has 2 atom stereocenters. The van der Waals surface area contributed by atoms with E-state index in [2.05, 4.69) is 56.3 Å². The highest BCUT2D eigenvalue weighted by Gasteiger charge is 2.32. The van der Waals surface area contributed by atoms with Crippen molar-refractivity contribution < 1.29 is 9.90 Å². The van der Waals surface area contributed by atoms with Crippen LogP contribution in [0.2, 0.25) is 0 Å². The third-order valence-electron chi connectivity index (χ3n) is 4.43. The maximum absolute atomic E-state index is 11.2. The zero-order valence-corrected chi connectivity index (χ0v) is 15.8. The number of fused-ring (bicyclic) bond motifs is 1. The molecular weight excluding hydrogens is 400 g/mol. The topological polar surface area (TPSA) is 54.3 Å². The highest BCUT2D eigenvalue weighted by atomic mass is 79.9. The van der Waals surface area contributed by atoms with Crippen molar-refractivity contribution >= 4 is 44.6 Å². The number of nitrogens with zero attached hydrogens (tertiary/aromatic N) is 1. The number of hydrogen-bond donors (Lipinski definition) is 2. The van der Waals surface area contributed by atoms with Crippen LogP contribution in [-0.2, 0) is 11.3 Å². The second kappa shape index (κ2) is 6.86. The van der Waals surface area contributed by atoms with Crippen LogP contribution < -0.4 is 5.32 Å². The van der Waals surface area contributed by atoms with E-state index in [0.717, 1.165) is 16.6 Å². The molecule has 4 nitrogen and oxygen atoms in total. The Hall–Kier alpha value is -1.76. The van der Waals surface area contributed by atoms with E-state index in [9.17, 15) is 9.90 Å². The number of rotatable bonds is 4. The molecule has 2 N–H and O–H groups in total. The number of nitrogens with one attached hydrogen (secondary N) is 1. The molecule has 0 radical (unpaired) electrons. The molecule has 0 aliphatic carbocycles. The van der Waals surface area contributed by atoms with Gasteiger partial charge in [-0.15, -0.1) is 11.8 Å².